The predicted molar refractivity (Wildman–Crippen MR) is 75.0 cm³/mol. The van der Waals surface area contributed by atoms with Gasteiger partial charge in [0.2, 0.25) is 0 Å². The summed E-state index contributed by atoms with van der Waals surface area (Å²) in [6, 6.07) is 10.1. The molecule has 0 aromatic heterocycles. The Morgan fingerprint density at radius 3 is 2.85 bits per heavy atom. The van der Waals surface area contributed by atoms with Gasteiger partial charge in [-0.2, -0.15) is 0 Å². The van der Waals surface area contributed by atoms with Gasteiger partial charge in [-0.3, -0.25) is 4.90 Å². The zero-order valence-electron chi connectivity index (χ0n) is 11.6. The minimum absolute atomic E-state index is 0.0574. The van der Waals surface area contributed by atoms with Crippen LogP contribution in [0, 0.1) is 0 Å². The average Bonchev–Trinajstić information content (AvgIpc) is 2.80. The summed E-state index contributed by atoms with van der Waals surface area (Å²) >= 11 is 0. The van der Waals surface area contributed by atoms with E-state index in [2.05, 4.69) is 6.08 Å². The summed E-state index contributed by atoms with van der Waals surface area (Å²) in [5.41, 5.74) is 1.01. The van der Waals surface area contributed by atoms with Crippen molar-refractivity contribution in [3.63, 3.8) is 0 Å². The topological polar surface area (TPSA) is 38.8 Å². The molecule has 1 aromatic rings. The molecule has 0 saturated carbocycles. The first-order chi connectivity index (χ1) is 9.79. The van der Waals surface area contributed by atoms with E-state index in [0.29, 0.717) is 6.61 Å². The summed E-state index contributed by atoms with van der Waals surface area (Å²) in [6.07, 6.45) is 4.71. The van der Waals surface area contributed by atoms with Gasteiger partial charge in [0.1, 0.15) is 12.4 Å². The number of hydrogen-bond donors (Lipinski definition) is 0. The number of methoxy groups -OCH3 is 1. The number of fused-ring (bicyclic) bond motifs is 2. The zero-order chi connectivity index (χ0) is 13.9. The molecule has 1 fully saturated rings. The van der Waals surface area contributed by atoms with Crippen molar-refractivity contribution in [2.24, 2.45) is 0 Å². The van der Waals surface area contributed by atoms with Crippen molar-refractivity contribution in [2.45, 2.75) is 38.0 Å². The maximum atomic E-state index is 12.3. The van der Waals surface area contributed by atoms with Crippen LogP contribution in [0.3, 0.4) is 0 Å². The van der Waals surface area contributed by atoms with Crippen molar-refractivity contribution >= 4 is 6.09 Å². The highest BCUT2D eigenvalue weighted by Crippen LogP contribution is 2.36. The molecule has 4 heteroatoms. The van der Waals surface area contributed by atoms with Gasteiger partial charge in [-0.25, -0.2) is 4.79 Å². The Labute approximate surface area is 119 Å². The molecule has 0 N–H and O–H groups in total. The van der Waals surface area contributed by atoms with Crippen LogP contribution in [0.25, 0.3) is 0 Å². The summed E-state index contributed by atoms with van der Waals surface area (Å²) in [5, 5.41) is 0. The van der Waals surface area contributed by atoms with Crippen molar-refractivity contribution in [1.29, 1.82) is 0 Å². The minimum atomic E-state index is -0.232. The monoisotopic (exact) mass is 273 g/mol. The highest BCUT2D eigenvalue weighted by molar-refractivity contribution is 5.70. The van der Waals surface area contributed by atoms with Crippen LogP contribution < -0.4 is 0 Å². The largest absolute Gasteiger partial charge is 0.499 e. The van der Waals surface area contributed by atoms with E-state index >= 15 is 0 Å². The summed E-state index contributed by atoms with van der Waals surface area (Å²) in [6.45, 7) is 0.321. The Bertz CT molecular complexity index is 512. The number of ether oxygens (including phenoxy) is 2. The Morgan fingerprint density at radius 2 is 2.10 bits per heavy atom. The van der Waals surface area contributed by atoms with Gasteiger partial charge >= 0.3 is 6.09 Å². The molecule has 1 amide bonds. The third kappa shape index (κ3) is 2.38. The van der Waals surface area contributed by atoms with E-state index in [9.17, 15) is 4.79 Å². The van der Waals surface area contributed by atoms with E-state index in [4.69, 9.17) is 9.47 Å². The van der Waals surface area contributed by atoms with Crippen LogP contribution in [0.4, 0.5) is 4.79 Å². The van der Waals surface area contributed by atoms with E-state index in [1.807, 2.05) is 35.2 Å². The van der Waals surface area contributed by atoms with Crippen molar-refractivity contribution in [2.75, 3.05) is 7.11 Å². The lowest BCUT2D eigenvalue weighted by Gasteiger charge is -2.33. The molecule has 2 heterocycles. The zero-order valence-corrected chi connectivity index (χ0v) is 11.6. The van der Waals surface area contributed by atoms with Crippen molar-refractivity contribution in [3.8, 4) is 0 Å². The molecular weight excluding hydrogens is 254 g/mol. The Kier molecular flexibility index (Phi) is 3.63. The molecule has 20 heavy (non-hydrogen) atoms. The second-order valence-corrected chi connectivity index (χ2v) is 5.24. The van der Waals surface area contributed by atoms with Crippen molar-refractivity contribution < 1.29 is 14.3 Å². The quantitative estimate of drug-likeness (QED) is 0.849. The third-order valence-electron chi connectivity index (χ3n) is 4.07. The van der Waals surface area contributed by atoms with E-state index in [0.717, 1.165) is 30.6 Å². The SMILES string of the molecule is COC1=CC[C@@H]2CC[C@H]1N2C(=O)OCc1ccccc1. The van der Waals surface area contributed by atoms with E-state index in [-0.39, 0.29) is 18.2 Å². The van der Waals surface area contributed by atoms with Crippen LogP contribution >= 0.6 is 0 Å². The number of carbonyl (C=O) groups excluding carboxylic acids is 1. The molecule has 4 nitrogen and oxygen atoms in total. The Morgan fingerprint density at radius 1 is 1.30 bits per heavy atom. The number of rotatable bonds is 3. The molecule has 2 aliphatic rings. The second-order valence-electron chi connectivity index (χ2n) is 5.24. The molecule has 2 atom stereocenters. The fraction of sp³-hybridized carbons (Fsp3) is 0.438. The minimum Gasteiger partial charge on any atom is -0.499 e. The summed E-state index contributed by atoms with van der Waals surface area (Å²) in [4.78, 5) is 14.2. The first-order valence-corrected chi connectivity index (χ1v) is 7.02. The lowest BCUT2D eigenvalue weighted by molar-refractivity contribution is 0.0686. The first kappa shape index (κ1) is 13.0. The van der Waals surface area contributed by atoms with E-state index in [1.54, 1.807) is 7.11 Å². The number of amides is 1. The van der Waals surface area contributed by atoms with Crippen LogP contribution in [0.5, 0.6) is 0 Å². The van der Waals surface area contributed by atoms with Crippen molar-refractivity contribution in [3.05, 3.63) is 47.7 Å². The molecule has 3 rings (SSSR count). The van der Waals surface area contributed by atoms with Crippen LogP contribution in [0.1, 0.15) is 24.8 Å². The highest BCUT2D eigenvalue weighted by atomic mass is 16.6. The summed E-state index contributed by atoms with van der Waals surface area (Å²) in [5.74, 6) is 0.899. The molecule has 2 bridgehead atoms. The van der Waals surface area contributed by atoms with Crippen LogP contribution in [0.2, 0.25) is 0 Å². The van der Waals surface area contributed by atoms with Gasteiger partial charge in [-0.05, 0) is 30.9 Å². The Hall–Kier alpha value is -1.97. The molecule has 0 aliphatic carbocycles. The van der Waals surface area contributed by atoms with Gasteiger partial charge in [0.15, 0.2) is 0 Å². The maximum Gasteiger partial charge on any atom is 0.410 e. The molecule has 106 valence electrons. The average molecular weight is 273 g/mol. The molecule has 1 saturated heterocycles. The molecule has 0 radical (unpaired) electrons. The smallest absolute Gasteiger partial charge is 0.410 e. The third-order valence-corrected chi connectivity index (χ3v) is 4.07. The number of benzene rings is 1. The van der Waals surface area contributed by atoms with Gasteiger partial charge < -0.3 is 9.47 Å². The van der Waals surface area contributed by atoms with Gasteiger partial charge in [0, 0.05) is 6.04 Å². The van der Waals surface area contributed by atoms with E-state index in [1.165, 1.54) is 0 Å². The molecule has 0 unspecified atom stereocenters. The van der Waals surface area contributed by atoms with Gasteiger partial charge in [0.25, 0.3) is 0 Å². The fourth-order valence-corrected chi connectivity index (χ4v) is 3.07. The lowest BCUT2D eigenvalue weighted by atomic mass is 10.1. The lowest BCUT2D eigenvalue weighted by Crippen LogP contribution is -2.44. The Balaban J connectivity index is 1.64. The van der Waals surface area contributed by atoms with Gasteiger partial charge in [-0.1, -0.05) is 30.3 Å². The molecule has 0 spiro atoms. The number of hydrogen-bond acceptors (Lipinski definition) is 3. The standard InChI is InChI=1S/C16H19NO3/c1-19-15-10-8-13-7-9-14(15)17(13)16(18)20-11-12-5-3-2-4-6-12/h2-6,10,13-14H,7-9,11H2,1H3/t13-,14+/m0/s1. The number of carbonyl (C=O) groups is 1. The summed E-state index contributed by atoms with van der Waals surface area (Å²) < 4.78 is 10.8. The summed E-state index contributed by atoms with van der Waals surface area (Å²) in [7, 11) is 1.66. The normalized spacial score (nSPS) is 24.2. The second kappa shape index (κ2) is 5.57. The van der Waals surface area contributed by atoms with Crippen LogP contribution in [-0.2, 0) is 16.1 Å². The van der Waals surface area contributed by atoms with Gasteiger partial charge in [0.05, 0.1) is 13.2 Å². The van der Waals surface area contributed by atoms with Crippen LogP contribution in [0.15, 0.2) is 42.2 Å². The predicted octanol–water partition coefficient (Wildman–Crippen LogP) is 3.09. The van der Waals surface area contributed by atoms with Crippen LogP contribution in [-0.4, -0.2) is 30.2 Å². The fourth-order valence-electron chi connectivity index (χ4n) is 3.07. The molecular formula is C16H19NO3. The molecule has 1 aromatic carbocycles. The highest BCUT2D eigenvalue weighted by Gasteiger charge is 2.42. The molecule has 2 aliphatic heterocycles. The van der Waals surface area contributed by atoms with Gasteiger partial charge in [-0.15, -0.1) is 0 Å². The van der Waals surface area contributed by atoms with Crippen molar-refractivity contribution in [1.82, 2.24) is 4.90 Å². The maximum absolute atomic E-state index is 12.3. The van der Waals surface area contributed by atoms with E-state index < -0.39 is 0 Å². The number of nitrogens with zero attached hydrogens (tertiary/aromatic N) is 1. The first-order valence-electron chi connectivity index (χ1n) is 7.02.